The normalized spacial score (nSPS) is 18.9. The third-order valence-electron chi connectivity index (χ3n) is 3.46. The molecule has 0 bridgehead atoms. The lowest BCUT2D eigenvalue weighted by molar-refractivity contribution is -0.150. The molecule has 0 radical (unpaired) electrons. The van der Waals surface area contributed by atoms with Crippen LogP contribution in [0.5, 0.6) is 0 Å². The molecule has 94 valence electrons. The van der Waals surface area contributed by atoms with E-state index < -0.39 is 11.4 Å². The lowest BCUT2D eigenvalue weighted by atomic mass is 9.74. The maximum Gasteiger partial charge on any atom is 0.311 e. The molecule has 17 heavy (non-hydrogen) atoms. The summed E-state index contributed by atoms with van der Waals surface area (Å²) in [5.41, 5.74) is 0.392. The van der Waals surface area contributed by atoms with Crippen molar-refractivity contribution >= 4 is 22.4 Å². The zero-order valence-electron chi connectivity index (χ0n) is 10.0. The number of carboxylic acids is 1. The van der Waals surface area contributed by atoms with Gasteiger partial charge in [0.25, 0.3) is 0 Å². The molecule has 1 aliphatic rings. The predicted octanol–water partition coefficient (Wildman–Crippen LogP) is 2.90. The second kappa shape index (κ2) is 5.04. The number of nitrogens with zero attached hydrogens (tertiary/aromatic N) is 1. The summed E-state index contributed by atoms with van der Waals surface area (Å²) < 4.78 is 0. The Hall–Kier alpha value is -1.10. The number of carbonyl (C=O) groups is 1. The lowest BCUT2D eigenvalue weighted by Crippen LogP contribution is -2.39. The molecule has 2 N–H and O–H groups in total. The van der Waals surface area contributed by atoms with E-state index in [4.69, 9.17) is 0 Å². The zero-order valence-corrected chi connectivity index (χ0v) is 10.8. The van der Waals surface area contributed by atoms with Gasteiger partial charge in [-0.05, 0) is 19.8 Å². The highest BCUT2D eigenvalue weighted by Crippen LogP contribution is 2.37. The van der Waals surface area contributed by atoms with Crippen LogP contribution in [0.1, 0.15) is 37.8 Å². The second-order valence-corrected chi connectivity index (χ2v) is 5.65. The molecule has 0 saturated heterocycles. The van der Waals surface area contributed by atoms with Gasteiger partial charge < -0.3 is 10.4 Å². The van der Waals surface area contributed by atoms with Crippen molar-refractivity contribution < 1.29 is 9.90 Å². The molecule has 0 spiro atoms. The number of anilines is 1. The number of aromatic nitrogens is 1. The SMILES string of the molecule is Cc1csc(NCC2(C(=O)O)CCCCC2)n1. The molecule has 0 aliphatic heterocycles. The summed E-state index contributed by atoms with van der Waals surface area (Å²) >= 11 is 1.53. The topological polar surface area (TPSA) is 62.2 Å². The minimum absolute atomic E-state index is 0.495. The van der Waals surface area contributed by atoms with E-state index in [0.29, 0.717) is 6.54 Å². The van der Waals surface area contributed by atoms with Gasteiger partial charge in [-0.3, -0.25) is 4.79 Å². The standard InChI is InChI=1S/C12H18N2O2S/c1-9-7-17-11(14-9)13-8-12(10(15)16)5-3-2-4-6-12/h7H,2-6,8H2,1H3,(H,13,14)(H,15,16). The summed E-state index contributed by atoms with van der Waals surface area (Å²) in [4.78, 5) is 15.7. The fraction of sp³-hybridized carbons (Fsp3) is 0.667. The number of aliphatic carboxylic acids is 1. The Balaban J connectivity index is 2.00. The van der Waals surface area contributed by atoms with Gasteiger partial charge in [0.1, 0.15) is 0 Å². The number of thiazole rings is 1. The number of rotatable bonds is 4. The van der Waals surface area contributed by atoms with Crippen LogP contribution >= 0.6 is 11.3 Å². The molecule has 5 heteroatoms. The van der Waals surface area contributed by atoms with E-state index in [1.54, 1.807) is 0 Å². The van der Waals surface area contributed by atoms with Crippen molar-refractivity contribution in [1.29, 1.82) is 0 Å². The van der Waals surface area contributed by atoms with Crippen molar-refractivity contribution in [3.05, 3.63) is 11.1 Å². The highest BCUT2D eigenvalue weighted by atomic mass is 32.1. The number of nitrogens with one attached hydrogen (secondary N) is 1. The number of aryl methyl sites for hydroxylation is 1. The van der Waals surface area contributed by atoms with E-state index >= 15 is 0 Å². The summed E-state index contributed by atoms with van der Waals surface area (Å²) in [5.74, 6) is -0.669. The molecule has 1 aliphatic carbocycles. The Morgan fingerprint density at radius 2 is 2.24 bits per heavy atom. The van der Waals surface area contributed by atoms with Crippen LogP contribution < -0.4 is 5.32 Å². The first-order valence-electron chi connectivity index (χ1n) is 6.02. The average Bonchev–Trinajstić information content (AvgIpc) is 2.74. The zero-order chi connectivity index (χ0) is 12.3. The first-order chi connectivity index (χ1) is 8.12. The van der Waals surface area contributed by atoms with Gasteiger partial charge in [0.05, 0.1) is 11.1 Å². The van der Waals surface area contributed by atoms with Gasteiger partial charge in [-0.25, -0.2) is 4.98 Å². The highest BCUT2D eigenvalue weighted by molar-refractivity contribution is 7.13. The third-order valence-corrected chi connectivity index (χ3v) is 4.38. The van der Waals surface area contributed by atoms with Gasteiger partial charge in [-0.15, -0.1) is 11.3 Å². The molecule has 1 saturated carbocycles. The van der Waals surface area contributed by atoms with Gasteiger partial charge in [0, 0.05) is 11.9 Å². The monoisotopic (exact) mass is 254 g/mol. The van der Waals surface area contributed by atoms with Crippen LogP contribution in [0, 0.1) is 12.3 Å². The summed E-state index contributed by atoms with van der Waals surface area (Å²) in [6, 6.07) is 0. The van der Waals surface area contributed by atoms with Crippen molar-refractivity contribution in [3.63, 3.8) is 0 Å². The smallest absolute Gasteiger partial charge is 0.311 e. The minimum atomic E-state index is -0.669. The van der Waals surface area contributed by atoms with Crippen LogP contribution in [0.2, 0.25) is 0 Å². The maximum absolute atomic E-state index is 11.4. The maximum atomic E-state index is 11.4. The van der Waals surface area contributed by atoms with Crippen LogP contribution in [0.25, 0.3) is 0 Å². The van der Waals surface area contributed by atoms with E-state index in [1.165, 1.54) is 11.3 Å². The lowest BCUT2D eigenvalue weighted by Gasteiger charge is -2.33. The molecular weight excluding hydrogens is 236 g/mol. The largest absolute Gasteiger partial charge is 0.481 e. The Morgan fingerprint density at radius 1 is 1.53 bits per heavy atom. The molecular formula is C12H18N2O2S. The minimum Gasteiger partial charge on any atom is -0.481 e. The molecule has 1 aromatic rings. The first kappa shape index (κ1) is 12.4. The van der Waals surface area contributed by atoms with Gasteiger partial charge in [0.2, 0.25) is 0 Å². The van der Waals surface area contributed by atoms with Crippen molar-refractivity contribution in [1.82, 2.24) is 4.98 Å². The van der Waals surface area contributed by atoms with Crippen molar-refractivity contribution in [3.8, 4) is 0 Å². The molecule has 0 amide bonds. The van der Waals surface area contributed by atoms with E-state index in [2.05, 4.69) is 10.3 Å². The molecule has 4 nitrogen and oxygen atoms in total. The van der Waals surface area contributed by atoms with Crippen LogP contribution in [-0.2, 0) is 4.79 Å². The first-order valence-corrected chi connectivity index (χ1v) is 6.90. The van der Waals surface area contributed by atoms with Gasteiger partial charge in [-0.2, -0.15) is 0 Å². The van der Waals surface area contributed by atoms with Gasteiger partial charge in [0.15, 0.2) is 5.13 Å². The van der Waals surface area contributed by atoms with Crippen LogP contribution in [0.15, 0.2) is 5.38 Å². The van der Waals surface area contributed by atoms with E-state index in [1.807, 2.05) is 12.3 Å². The highest BCUT2D eigenvalue weighted by Gasteiger charge is 2.39. The van der Waals surface area contributed by atoms with Gasteiger partial charge in [-0.1, -0.05) is 19.3 Å². The summed E-state index contributed by atoms with van der Waals surface area (Å²) in [6.45, 7) is 2.44. The Kier molecular flexibility index (Phi) is 3.66. The third kappa shape index (κ3) is 2.77. The summed E-state index contributed by atoms with van der Waals surface area (Å²) in [6.07, 6.45) is 4.75. The fourth-order valence-electron chi connectivity index (χ4n) is 2.37. The summed E-state index contributed by atoms with van der Waals surface area (Å²) in [7, 11) is 0. The molecule has 1 aromatic heterocycles. The van der Waals surface area contributed by atoms with Crippen LogP contribution in [-0.4, -0.2) is 22.6 Å². The number of hydrogen-bond donors (Lipinski definition) is 2. The Labute approximate surface area is 105 Å². The van der Waals surface area contributed by atoms with Crippen molar-refractivity contribution in [2.75, 3.05) is 11.9 Å². The predicted molar refractivity (Wildman–Crippen MR) is 68.5 cm³/mol. The number of carboxylic acid groups (broad SMARTS) is 1. The molecule has 2 rings (SSSR count). The van der Waals surface area contributed by atoms with Crippen LogP contribution in [0.3, 0.4) is 0 Å². The molecule has 0 unspecified atom stereocenters. The summed E-state index contributed by atoms with van der Waals surface area (Å²) in [5, 5.41) is 15.4. The van der Waals surface area contributed by atoms with Gasteiger partial charge >= 0.3 is 5.97 Å². The molecule has 0 atom stereocenters. The second-order valence-electron chi connectivity index (χ2n) is 4.79. The quantitative estimate of drug-likeness (QED) is 0.867. The fourth-order valence-corrected chi connectivity index (χ4v) is 3.06. The van der Waals surface area contributed by atoms with E-state index in [0.717, 1.165) is 42.9 Å². The molecule has 1 heterocycles. The number of hydrogen-bond acceptors (Lipinski definition) is 4. The van der Waals surface area contributed by atoms with E-state index in [9.17, 15) is 9.90 Å². The Morgan fingerprint density at radius 3 is 2.76 bits per heavy atom. The van der Waals surface area contributed by atoms with E-state index in [-0.39, 0.29) is 0 Å². The van der Waals surface area contributed by atoms with Crippen LogP contribution in [0.4, 0.5) is 5.13 Å². The Bertz CT molecular complexity index is 397. The molecule has 1 fully saturated rings. The average molecular weight is 254 g/mol. The molecule has 0 aromatic carbocycles. The van der Waals surface area contributed by atoms with Crippen molar-refractivity contribution in [2.24, 2.45) is 5.41 Å². The van der Waals surface area contributed by atoms with Crippen molar-refractivity contribution in [2.45, 2.75) is 39.0 Å².